The minimum atomic E-state index is -3.68. The standard InChI is InChI=1S/C19H24N4O5S3/c20-31(27,28)15-4-1-13(2-5-15)7-8-21-11-14-3-6-17(24)23(14)9-10-29-19-22-16(12-30-19)18(25)26/h1-2,4-5,12,14,21H,3,6-11H2,(H,25,26)(H2,20,27,28)/t14-/m1/s1. The lowest BCUT2D eigenvalue weighted by Gasteiger charge is -2.25. The van der Waals surface area contributed by atoms with Crippen LogP contribution in [-0.4, -0.2) is 66.7 Å². The number of rotatable bonds is 11. The van der Waals surface area contributed by atoms with Gasteiger partial charge in [-0.1, -0.05) is 23.9 Å². The Hall–Kier alpha value is -1.99. The maximum absolute atomic E-state index is 12.2. The van der Waals surface area contributed by atoms with Crippen LogP contribution in [0.4, 0.5) is 0 Å². The number of nitrogens with two attached hydrogens (primary N) is 1. The molecular formula is C19H24N4O5S3. The number of aromatic carboxylic acids is 1. The van der Waals surface area contributed by atoms with Gasteiger partial charge in [-0.15, -0.1) is 11.3 Å². The molecular weight excluding hydrogens is 460 g/mol. The van der Waals surface area contributed by atoms with E-state index in [1.807, 2.05) is 4.90 Å². The number of thiazole rings is 1. The molecule has 1 fully saturated rings. The van der Waals surface area contributed by atoms with Crippen LogP contribution in [-0.2, 0) is 21.2 Å². The van der Waals surface area contributed by atoms with E-state index in [-0.39, 0.29) is 22.5 Å². The first-order valence-electron chi connectivity index (χ1n) is 9.67. The van der Waals surface area contributed by atoms with Crippen LogP contribution in [0.2, 0.25) is 0 Å². The first-order valence-corrected chi connectivity index (χ1v) is 13.1. The normalized spacial score (nSPS) is 16.7. The summed E-state index contributed by atoms with van der Waals surface area (Å²) >= 11 is 2.75. The molecule has 12 heteroatoms. The molecule has 1 aromatic heterocycles. The van der Waals surface area contributed by atoms with Crippen molar-refractivity contribution in [1.29, 1.82) is 0 Å². The summed E-state index contributed by atoms with van der Waals surface area (Å²) in [6, 6.07) is 6.63. The zero-order valence-electron chi connectivity index (χ0n) is 16.7. The van der Waals surface area contributed by atoms with Crippen molar-refractivity contribution in [1.82, 2.24) is 15.2 Å². The fourth-order valence-electron chi connectivity index (χ4n) is 3.31. The third-order valence-electron chi connectivity index (χ3n) is 4.93. The topological polar surface area (TPSA) is 143 Å². The summed E-state index contributed by atoms with van der Waals surface area (Å²) in [5.74, 6) is -0.244. The van der Waals surface area contributed by atoms with Crippen molar-refractivity contribution in [3.8, 4) is 0 Å². The van der Waals surface area contributed by atoms with Gasteiger partial charge in [-0.3, -0.25) is 4.79 Å². The highest BCUT2D eigenvalue weighted by molar-refractivity contribution is 8.01. The Labute approximate surface area is 189 Å². The highest BCUT2D eigenvalue weighted by atomic mass is 32.2. The number of hydrogen-bond acceptors (Lipinski definition) is 8. The van der Waals surface area contributed by atoms with Crippen LogP contribution in [0.5, 0.6) is 0 Å². The van der Waals surface area contributed by atoms with Crippen molar-refractivity contribution in [3.63, 3.8) is 0 Å². The van der Waals surface area contributed by atoms with E-state index in [1.54, 1.807) is 12.1 Å². The van der Waals surface area contributed by atoms with Gasteiger partial charge in [-0.25, -0.2) is 23.3 Å². The van der Waals surface area contributed by atoms with Gasteiger partial charge in [-0.05, 0) is 37.1 Å². The largest absolute Gasteiger partial charge is 0.476 e. The van der Waals surface area contributed by atoms with E-state index in [0.717, 1.165) is 18.4 Å². The fourth-order valence-corrected chi connectivity index (χ4v) is 5.64. The summed E-state index contributed by atoms with van der Waals surface area (Å²) in [7, 11) is -3.68. The highest BCUT2D eigenvalue weighted by Crippen LogP contribution is 2.24. The number of thioether (sulfide) groups is 1. The Bertz CT molecular complexity index is 1020. The molecule has 0 saturated carbocycles. The van der Waals surface area contributed by atoms with Gasteiger partial charge in [0.05, 0.1) is 4.90 Å². The average Bonchev–Trinajstić information content (AvgIpc) is 3.33. The van der Waals surface area contributed by atoms with Crippen molar-refractivity contribution in [3.05, 3.63) is 40.9 Å². The predicted molar refractivity (Wildman–Crippen MR) is 119 cm³/mol. The molecule has 9 nitrogen and oxygen atoms in total. The number of amides is 1. The molecule has 0 aliphatic carbocycles. The molecule has 1 atom stereocenters. The Morgan fingerprint density at radius 2 is 2.10 bits per heavy atom. The third kappa shape index (κ3) is 6.74. The summed E-state index contributed by atoms with van der Waals surface area (Å²) in [5, 5.41) is 18.9. The monoisotopic (exact) mass is 484 g/mol. The van der Waals surface area contributed by atoms with Gasteiger partial charge in [0.15, 0.2) is 10.0 Å². The first-order chi connectivity index (χ1) is 14.7. The number of sulfonamides is 1. The third-order valence-corrected chi connectivity index (χ3v) is 7.87. The maximum Gasteiger partial charge on any atom is 0.355 e. The van der Waals surface area contributed by atoms with E-state index in [0.29, 0.717) is 36.1 Å². The maximum atomic E-state index is 12.2. The van der Waals surface area contributed by atoms with Crippen molar-refractivity contribution >= 4 is 45.0 Å². The molecule has 2 aromatic rings. The number of likely N-dealkylation sites (tertiary alicyclic amines) is 1. The van der Waals surface area contributed by atoms with Crippen LogP contribution in [0.1, 0.15) is 28.9 Å². The number of benzene rings is 1. The zero-order chi connectivity index (χ0) is 22.4. The molecule has 168 valence electrons. The zero-order valence-corrected chi connectivity index (χ0v) is 19.1. The molecule has 0 radical (unpaired) electrons. The molecule has 1 aliphatic heterocycles. The van der Waals surface area contributed by atoms with E-state index in [9.17, 15) is 18.0 Å². The predicted octanol–water partition coefficient (Wildman–Crippen LogP) is 1.40. The van der Waals surface area contributed by atoms with E-state index < -0.39 is 16.0 Å². The van der Waals surface area contributed by atoms with Gasteiger partial charge in [-0.2, -0.15) is 0 Å². The van der Waals surface area contributed by atoms with Gasteiger partial charge in [0, 0.05) is 36.7 Å². The first kappa shape index (κ1) is 23.7. The Kier molecular flexibility index (Phi) is 8.06. The van der Waals surface area contributed by atoms with Gasteiger partial charge in [0.25, 0.3) is 0 Å². The molecule has 1 aliphatic rings. The van der Waals surface area contributed by atoms with Crippen LogP contribution < -0.4 is 10.5 Å². The summed E-state index contributed by atoms with van der Waals surface area (Å²) in [5.41, 5.74) is 1.05. The SMILES string of the molecule is NS(=O)(=O)c1ccc(CCNC[C@H]2CCC(=O)N2CCSc2nc(C(=O)O)cs2)cc1. The van der Waals surface area contributed by atoms with E-state index >= 15 is 0 Å². The summed E-state index contributed by atoms with van der Waals surface area (Å²) < 4.78 is 23.3. The van der Waals surface area contributed by atoms with Crippen LogP contribution in [0.3, 0.4) is 0 Å². The molecule has 2 heterocycles. The Morgan fingerprint density at radius 1 is 1.35 bits per heavy atom. The molecule has 1 aromatic carbocycles. The number of nitrogens with one attached hydrogen (secondary N) is 1. The summed E-state index contributed by atoms with van der Waals surface area (Å²) in [6.45, 7) is 1.98. The number of primary sulfonamides is 1. The average molecular weight is 485 g/mol. The number of carboxylic acids is 1. The van der Waals surface area contributed by atoms with Gasteiger partial charge in [0.1, 0.15) is 0 Å². The van der Waals surface area contributed by atoms with Crippen LogP contribution in [0, 0.1) is 0 Å². The molecule has 0 bridgehead atoms. The molecule has 1 saturated heterocycles. The van der Waals surface area contributed by atoms with Crippen molar-refractivity contribution in [2.24, 2.45) is 5.14 Å². The molecule has 31 heavy (non-hydrogen) atoms. The Balaban J connectivity index is 1.40. The summed E-state index contributed by atoms with van der Waals surface area (Å²) in [6.07, 6.45) is 2.07. The number of carboxylic acid groups (broad SMARTS) is 1. The van der Waals surface area contributed by atoms with Crippen LogP contribution in [0.25, 0.3) is 0 Å². The van der Waals surface area contributed by atoms with E-state index in [2.05, 4.69) is 10.3 Å². The van der Waals surface area contributed by atoms with Gasteiger partial charge >= 0.3 is 5.97 Å². The van der Waals surface area contributed by atoms with Crippen LogP contribution in [0.15, 0.2) is 38.9 Å². The molecule has 1 amide bonds. The van der Waals surface area contributed by atoms with Crippen molar-refractivity contribution < 1.29 is 23.1 Å². The van der Waals surface area contributed by atoms with Gasteiger partial charge < -0.3 is 15.3 Å². The molecule has 0 unspecified atom stereocenters. The minimum Gasteiger partial charge on any atom is -0.476 e. The number of hydrogen-bond donors (Lipinski definition) is 3. The van der Waals surface area contributed by atoms with E-state index in [1.165, 1.54) is 40.6 Å². The number of carbonyl (C=O) groups excluding carboxylic acids is 1. The second-order valence-corrected chi connectivity index (χ2v) is 10.8. The number of nitrogens with zero attached hydrogens (tertiary/aromatic N) is 2. The molecule has 0 spiro atoms. The fraction of sp³-hybridized carbons (Fsp3) is 0.421. The minimum absolute atomic E-state index is 0.0473. The number of aromatic nitrogens is 1. The lowest BCUT2D eigenvalue weighted by molar-refractivity contribution is -0.128. The quantitative estimate of drug-likeness (QED) is 0.321. The highest BCUT2D eigenvalue weighted by Gasteiger charge is 2.30. The van der Waals surface area contributed by atoms with E-state index in [4.69, 9.17) is 10.2 Å². The molecule has 4 N–H and O–H groups in total. The lowest BCUT2D eigenvalue weighted by Crippen LogP contribution is -2.41. The number of carbonyl (C=O) groups is 2. The lowest BCUT2D eigenvalue weighted by atomic mass is 10.1. The second-order valence-electron chi connectivity index (χ2n) is 7.07. The van der Waals surface area contributed by atoms with Crippen LogP contribution >= 0.6 is 23.1 Å². The Morgan fingerprint density at radius 3 is 2.74 bits per heavy atom. The molecule has 3 rings (SSSR count). The van der Waals surface area contributed by atoms with Crippen molar-refractivity contribution in [2.45, 2.75) is 34.5 Å². The van der Waals surface area contributed by atoms with Crippen molar-refractivity contribution in [2.75, 3.05) is 25.4 Å². The second kappa shape index (κ2) is 10.6. The summed E-state index contributed by atoms with van der Waals surface area (Å²) in [4.78, 5) is 29.1. The smallest absolute Gasteiger partial charge is 0.355 e. The van der Waals surface area contributed by atoms with Gasteiger partial charge in [0.2, 0.25) is 15.9 Å².